The Labute approximate surface area is 176 Å². The predicted octanol–water partition coefficient (Wildman–Crippen LogP) is 0.462. The third-order valence-corrected chi connectivity index (χ3v) is 4.06. The smallest absolute Gasteiger partial charge is 0.746 e. The standard InChI is InChI=1S/C17H36O6S.Na/c1-3-4-5-6-7-8-9-10-11-12-23-17(2)15-21-13-14-22-16-24(18,19)20;/h17H,3-16H2,1-2H3,(H,18,19,20);/q;+1/p-1. The molecule has 0 aliphatic rings. The Morgan fingerprint density at radius 1 is 0.840 bits per heavy atom. The van der Waals surface area contributed by atoms with E-state index in [0.29, 0.717) is 6.61 Å². The molecule has 0 aromatic heterocycles. The molecular weight excluding hydrogens is 355 g/mol. The molecule has 0 aliphatic heterocycles. The SMILES string of the molecule is CCCCCCCCCCCOC(C)COCCOCS(=O)(=O)[O-].[Na+]. The minimum absolute atomic E-state index is 0. The maximum Gasteiger partial charge on any atom is 1.00 e. The van der Waals surface area contributed by atoms with Crippen LogP contribution in [0.25, 0.3) is 0 Å². The van der Waals surface area contributed by atoms with Gasteiger partial charge in [-0.1, -0.05) is 58.3 Å². The van der Waals surface area contributed by atoms with Crippen molar-refractivity contribution in [2.24, 2.45) is 0 Å². The summed E-state index contributed by atoms with van der Waals surface area (Å²) in [5, 5.41) is 0. The summed E-state index contributed by atoms with van der Waals surface area (Å²) in [5.74, 6) is -0.805. The van der Waals surface area contributed by atoms with Gasteiger partial charge in [-0.3, -0.25) is 0 Å². The van der Waals surface area contributed by atoms with Crippen LogP contribution in [-0.4, -0.2) is 51.4 Å². The molecule has 0 amide bonds. The molecule has 0 fully saturated rings. The van der Waals surface area contributed by atoms with E-state index in [9.17, 15) is 13.0 Å². The summed E-state index contributed by atoms with van der Waals surface area (Å²) in [6.45, 7) is 5.70. The van der Waals surface area contributed by atoms with Crippen LogP contribution in [0.3, 0.4) is 0 Å². The molecule has 0 saturated heterocycles. The van der Waals surface area contributed by atoms with Gasteiger partial charge in [0.15, 0.2) is 0 Å². The van der Waals surface area contributed by atoms with E-state index in [2.05, 4.69) is 11.7 Å². The summed E-state index contributed by atoms with van der Waals surface area (Å²) in [7, 11) is -4.31. The van der Waals surface area contributed by atoms with Crippen molar-refractivity contribution in [1.29, 1.82) is 0 Å². The monoisotopic (exact) mass is 390 g/mol. The quantitative estimate of drug-likeness (QED) is 0.192. The first-order valence-electron chi connectivity index (χ1n) is 9.16. The minimum Gasteiger partial charge on any atom is -0.746 e. The summed E-state index contributed by atoms with van der Waals surface area (Å²) in [5.41, 5.74) is 0. The van der Waals surface area contributed by atoms with Gasteiger partial charge in [-0.2, -0.15) is 0 Å². The summed E-state index contributed by atoms with van der Waals surface area (Å²) in [4.78, 5) is 0. The minimum atomic E-state index is -4.31. The van der Waals surface area contributed by atoms with E-state index in [1.165, 1.54) is 51.4 Å². The largest absolute Gasteiger partial charge is 1.00 e. The number of rotatable bonds is 18. The molecular formula is C17H35NaO6S. The van der Waals surface area contributed by atoms with Crippen LogP contribution in [0.5, 0.6) is 0 Å². The van der Waals surface area contributed by atoms with Crippen LogP contribution in [0.4, 0.5) is 0 Å². The van der Waals surface area contributed by atoms with E-state index in [4.69, 9.17) is 9.47 Å². The first-order valence-corrected chi connectivity index (χ1v) is 10.7. The van der Waals surface area contributed by atoms with Gasteiger partial charge >= 0.3 is 29.6 Å². The molecule has 6 nitrogen and oxygen atoms in total. The molecule has 0 rings (SSSR count). The fraction of sp³-hybridized carbons (Fsp3) is 1.00. The Balaban J connectivity index is 0. The van der Waals surface area contributed by atoms with Gasteiger partial charge in [0.05, 0.1) is 25.9 Å². The van der Waals surface area contributed by atoms with Gasteiger partial charge in [0.2, 0.25) is 0 Å². The van der Waals surface area contributed by atoms with Crippen molar-refractivity contribution in [3.8, 4) is 0 Å². The predicted molar refractivity (Wildman–Crippen MR) is 94.0 cm³/mol. The van der Waals surface area contributed by atoms with Crippen molar-refractivity contribution >= 4 is 10.1 Å². The summed E-state index contributed by atoms with van der Waals surface area (Å²) >= 11 is 0. The average Bonchev–Trinajstić information content (AvgIpc) is 2.51. The second kappa shape index (κ2) is 19.5. The van der Waals surface area contributed by atoms with Crippen LogP contribution >= 0.6 is 0 Å². The zero-order chi connectivity index (χ0) is 18.1. The second-order valence-corrected chi connectivity index (χ2v) is 7.52. The fourth-order valence-electron chi connectivity index (χ4n) is 2.27. The van der Waals surface area contributed by atoms with E-state index in [-0.39, 0.29) is 48.9 Å². The summed E-state index contributed by atoms with van der Waals surface area (Å²) < 4.78 is 46.5. The molecule has 0 spiro atoms. The van der Waals surface area contributed by atoms with Crippen molar-refractivity contribution in [2.45, 2.75) is 77.7 Å². The van der Waals surface area contributed by atoms with Gasteiger partial charge in [-0.05, 0) is 13.3 Å². The first kappa shape index (κ1) is 28.0. The van der Waals surface area contributed by atoms with Gasteiger partial charge in [-0.15, -0.1) is 0 Å². The summed E-state index contributed by atoms with van der Waals surface area (Å²) in [6.07, 6.45) is 11.6. The molecule has 25 heavy (non-hydrogen) atoms. The van der Waals surface area contributed by atoms with Crippen LogP contribution < -0.4 is 29.6 Å². The molecule has 0 radical (unpaired) electrons. The van der Waals surface area contributed by atoms with Crippen molar-refractivity contribution in [1.82, 2.24) is 0 Å². The van der Waals surface area contributed by atoms with Gasteiger partial charge in [0.25, 0.3) is 0 Å². The topological polar surface area (TPSA) is 84.9 Å². The molecule has 8 heteroatoms. The molecule has 0 N–H and O–H groups in total. The van der Waals surface area contributed by atoms with E-state index >= 15 is 0 Å². The number of hydrogen-bond donors (Lipinski definition) is 0. The first-order chi connectivity index (χ1) is 11.5. The van der Waals surface area contributed by atoms with E-state index in [1.54, 1.807) is 0 Å². The second-order valence-electron chi connectivity index (χ2n) is 6.17. The van der Waals surface area contributed by atoms with Crippen molar-refractivity contribution in [3.63, 3.8) is 0 Å². The van der Waals surface area contributed by atoms with Crippen LogP contribution in [-0.2, 0) is 24.3 Å². The Morgan fingerprint density at radius 2 is 1.36 bits per heavy atom. The number of hydrogen-bond acceptors (Lipinski definition) is 6. The molecule has 0 aromatic rings. The van der Waals surface area contributed by atoms with Crippen LogP contribution in [0.1, 0.15) is 71.6 Å². The fourth-order valence-corrected chi connectivity index (χ4v) is 2.60. The maximum absolute atomic E-state index is 10.3. The van der Waals surface area contributed by atoms with Crippen LogP contribution in [0, 0.1) is 0 Å². The van der Waals surface area contributed by atoms with E-state index in [1.807, 2.05) is 6.92 Å². The third-order valence-electron chi connectivity index (χ3n) is 3.60. The molecule has 0 saturated carbocycles. The van der Waals surface area contributed by atoms with Gasteiger partial charge in [0.1, 0.15) is 16.1 Å². The zero-order valence-electron chi connectivity index (χ0n) is 16.3. The molecule has 0 bridgehead atoms. The zero-order valence-corrected chi connectivity index (χ0v) is 19.2. The van der Waals surface area contributed by atoms with Gasteiger partial charge in [-0.25, -0.2) is 8.42 Å². The molecule has 0 aliphatic carbocycles. The Bertz CT molecular complexity index is 364. The Hall–Kier alpha value is 0.790. The van der Waals surface area contributed by atoms with Gasteiger partial charge < -0.3 is 18.8 Å². The number of ether oxygens (including phenoxy) is 3. The Morgan fingerprint density at radius 3 is 1.92 bits per heavy atom. The average molecular weight is 391 g/mol. The number of unbranched alkanes of at least 4 members (excludes halogenated alkanes) is 8. The summed E-state index contributed by atoms with van der Waals surface area (Å²) in [6, 6.07) is 0. The molecule has 146 valence electrons. The van der Waals surface area contributed by atoms with Crippen molar-refractivity contribution < 1.29 is 56.7 Å². The van der Waals surface area contributed by atoms with E-state index in [0.717, 1.165) is 13.0 Å². The van der Waals surface area contributed by atoms with Crippen molar-refractivity contribution in [3.05, 3.63) is 0 Å². The maximum atomic E-state index is 10.3. The van der Waals surface area contributed by atoms with Crippen LogP contribution in [0.15, 0.2) is 0 Å². The molecule has 0 aromatic carbocycles. The third kappa shape index (κ3) is 24.8. The molecule has 0 heterocycles. The van der Waals surface area contributed by atoms with Gasteiger partial charge in [0, 0.05) is 6.61 Å². The van der Waals surface area contributed by atoms with Crippen LogP contribution in [0.2, 0.25) is 0 Å². The normalized spacial score (nSPS) is 12.8. The Kier molecular flexibility index (Phi) is 21.9. The molecule has 1 unspecified atom stereocenters. The van der Waals surface area contributed by atoms with E-state index < -0.39 is 16.1 Å². The molecule has 1 atom stereocenters. The van der Waals surface area contributed by atoms with Crippen molar-refractivity contribution in [2.75, 3.05) is 32.4 Å².